The first-order chi connectivity index (χ1) is 18.3. The second kappa shape index (κ2) is 8.83. The van der Waals surface area contributed by atoms with Gasteiger partial charge >= 0.3 is 0 Å². The van der Waals surface area contributed by atoms with Gasteiger partial charge in [0.25, 0.3) is 0 Å². The van der Waals surface area contributed by atoms with Crippen molar-refractivity contribution in [1.29, 1.82) is 0 Å². The summed E-state index contributed by atoms with van der Waals surface area (Å²) in [5, 5.41) is 2.50. The van der Waals surface area contributed by atoms with Crippen LogP contribution in [0.5, 0.6) is 0 Å². The number of benzene rings is 5. The van der Waals surface area contributed by atoms with E-state index in [0.29, 0.717) is 5.41 Å². The molecule has 0 radical (unpaired) electrons. The molecule has 3 heteroatoms. The number of nitrogens with zero attached hydrogens (tertiary/aromatic N) is 1. The molecule has 0 amide bonds. The highest BCUT2D eigenvalue weighted by molar-refractivity contribution is 9.10. The molecule has 188 valence electrons. The standard InChI is InChI=1S/C35H29Br2N/c1-34-17-18-35(2,22-34)32-20-25(7-16-31(32)34)30-19-23-5-3-4-6-24(23)21-33(30)38(28-12-8-26(36)9-13-28)29-14-10-27(37)11-15-29/h3-16,19-21H,17-18,22H2,1-2H3. The van der Waals surface area contributed by atoms with Gasteiger partial charge in [-0.1, -0.05) is 88.2 Å². The van der Waals surface area contributed by atoms with Crippen LogP contribution in [0.4, 0.5) is 17.1 Å². The van der Waals surface area contributed by atoms with Crippen molar-refractivity contribution in [2.75, 3.05) is 4.90 Å². The van der Waals surface area contributed by atoms with Crippen molar-refractivity contribution in [3.8, 4) is 11.1 Å². The quantitative estimate of drug-likeness (QED) is 0.193. The number of rotatable bonds is 4. The summed E-state index contributed by atoms with van der Waals surface area (Å²) < 4.78 is 2.15. The van der Waals surface area contributed by atoms with Crippen molar-refractivity contribution in [2.24, 2.45) is 0 Å². The minimum Gasteiger partial charge on any atom is -0.310 e. The van der Waals surface area contributed by atoms with Gasteiger partial charge in [-0.2, -0.15) is 0 Å². The zero-order chi connectivity index (χ0) is 26.1. The summed E-state index contributed by atoms with van der Waals surface area (Å²) in [5.41, 5.74) is 9.74. The normalized spacial score (nSPS) is 21.6. The van der Waals surface area contributed by atoms with Gasteiger partial charge in [-0.05, 0) is 118 Å². The fraction of sp³-hybridized carbons (Fsp3) is 0.200. The van der Waals surface area contributed by atoms with E-state index in [9.17, 15) is 0 Å². The van der Waals surface area contributed by atoms with Gasteiger partial charge in [-0.3, -0.25) is 0 Å². The number of hydrogen-bond acceptors (Lipinski definition) is 1. The minimum absolute atomic E-state index is 0.286. The Hall–Kier alpha value is -2.88. The Balaban J connectivity index is 1.49. The third-order valence-electron chi connectivity index (χ3n) is 8.91. The number of hydrogen-bond donors (Lipinski definition) is 0. The molecule has 1 nitrogen and oxygen atoms in total. The van der Waals surface area contributed by atoms with Gasteiger partial charge in [0, 0.05) is 25.9 Å². The molecule has 2 atom stereocenters. The van der Waals surface area contributed by atoms with Crippen LogP contribution in [0.1, 0.15) is 44.2 Å². The molecule has 2 bridgehead atoms. The van der Waals surface area contributed by atoms with Crippen LogP contribution in [-0.4, -0.2) is 0 Å². The van der Waals surface area contributed by atoms with Crippen molar-refractivity contribution in [3.05, 3.63) is 123 Å². The lowest BCUT2D eigenvalue weighted by atomic mass is 9.77. The lowest BCUT2D eigenvalue weighted by Gasteiger charge is -2.30. The van der Waals surface area contributed by atoms with Gasteiger partial charge < -0.3 is 4.90 Å². The van der Waals surface area contributed by atoms with E-state index in [2.05, 4.69) is 154 Å². The van der Waals surface area contributed by atoms with E-state index in [1.165, 1.54) is 46.8 Å². The average molecular weight is 623 g/mol. The van der Waals surface area contributed by atoms with E-state index in [0.717, 1.165) is 20.3 Å². The lowest BCUT2D eigenvalue weighted by molar-refractivity contribution is 0.484. The Kier molecular flexibility index (Phi) is 5.62. The fourth-order valence-electron chi connectivity index (χ4n) is 7.04. The largest absolute Gasteiger partial charge is 0.310 e. The summed E-state index contributed by atoms with van der Waals surface area (Å²) in [5.74, 6) is 0. The van der Waals surface area contributed by atoms with Gasteiger partial charge in [0.2, 0.25) is 0 Å². The SMILES string of the molecule is CC12CCC(C)(C1)c1cc(-c3cc4ccccc4cc3N(c3ccc(Br)cc3)c3ccc(Br)cc3)ccc12. The predicted octanol–water partition coefficient (Wildman–Crippen LogP) is 11.2. The second-order valence-corrected chi connectivity index (χ2v) is 13.4. The van der Waals surface area contributed by atoms with Gasteiger partial charge in [-0.25, -0.2) is 0 Å². The monoisotopic (exact) mass is 621 g/mol. The Morgan fingerprint density at radius 1 is 0.605 bits per heavy atom. The molecule has 2 unspecified atom stereocenters. The highest BCUT2D eigenvalue weighted by Crippen LogP contribution is 2.61. The number of halogens is 2. The summed E-state index contributed by atoms with van der Waals surface area (Å²) in [6, 6.07) is 38.0. The molecule has 1 fully saturated rings. The van der Waals surface area contributed by atoms with E-state index in [4.69, 9.17) is 0 Å². The molecule has 0 aromatic heterocycles. The Morgan fingerprint density at radius 2 is 1.16 bits per heavy atom. The summed E-state index contributed by atoms with van der Waals surface area (Å²) in [6.07, 6.45) is 3.86. The first-order valence-corrected chi connectivity index (χ1v) is 14.9. The first-order valence-electron chi connectivity index (χ1n) is 13.3. The van der Waals surface area contributed by atoms with Gasteiger partial charge in [0.15, 0.2) is 0 Å². The summed E-state index contributed by atoms with van der Waals surface area (Å²) >= 11 is 7.26. The van der Waals surface area contributed by atoms with E-state index in [1.807, 2.05) is 0 Å². The Bertz CT molecular complexity index is 1640. The molecule has 5 aromatic rings. The molecule has 0 aliphatic heterocycles. The molecule has 38 heavy (non-hydrogen) atoms. The van der Waals surface area contributed by atoms with Crippen LogP contribution in [0.3, 0.4) is 0 Å². The first kappa shape index (κ1) is 24.2. The topological polar surface area (TPSA) is 3.24 Å². The number of fused-ring (bicyclic) bond motifs is 6. The van der Waals surface area contributed by atoms with Crippen LogP contribution in [-0.2, 0) is 10.8 Å². The van der Waals surface area contributed by atoms with Crippen LogP contribution < -0.4 is 4.90 Å². The molecule has 0 heterocycles. The van der Waals surface area contributed by atoms with Crippen molar-refractivity contribution in [3.63, 3.8) is 0 Å². The lowest BCUT2D eigenvalue weighted by Crippen LogP contribution is -2.18. The molecule has 2 aliphatic carbocycles. The van der Waals surface area contributed by atoms with Crippen LogP contribution in [0.15, 0.2) is 112 Å². The molecule has 2 aliphatic rings. The minimum atomic E-state index is 0.286. The van der Waals surface area contributed by atoms with E-state index in [1.54, 1.807) is 11.1 Å². The molecule has 0 spiro atoms. The van der Waals surface area contributed by atoms with Crippen LogP contribution in [0.25, 0.3) is 21.9 Å². The maximum absolute atomic E-state index is 3.63. The molecule has 7 rings (SSSR count). The van der Waals surface area contributed by atoms with E-state index < -0.39 is 0 Å². The maximum Gasteiger partial charge on any atom is 0.0546 e. The number of anilines is 3. The van der Waals surface area contributed by atoms with Crippen molar-refractivity contribution in [2.45, 2.75) is 43.9 Å². The van der Waals surface area contributed by atoms with Crippen LogP contribution >= 0.6 is 31.9 Å². The molecular formula is C35H29Br2N. The zero-order valence-electron chi connectivity index (χ0n) is 21.6. The zero-order valence-corrected chi connectivity index (χ0v) is 24.8. The van der Waals surface area contributed by atoms with Crippen molar-refractivity contribution in [1.82, 2.24) is 0 Å². The van der Waals surface area contributed by atoms with Crippen LogP contribution in [0, 0.1) is 0 Å². The highest BCUT2D eigenvalue weighted by Gasteiger charge is 2.52. The predicted molar refractivity (Wildman–Crippen MR) is 168 cm³/mol. The van der Waals surface area contributed by atoms with Crippen LogP contribution in [0.2, 0.25) is 0 Å². The third-order valence-corrected chi connectivity index (χ3v) is 9.97. The molecule has 0 saturated heterocycles. The molecular weight excluding hydrogens is 594 g/mol. The Morgan fingerprint density at radius 3 is 1.76 bits per heavy atom. The maximum atomic E-state index is 3.63. The van der Waals surface area contributed by atoms with Gasteiger partial charge in [0.05, 0.1) is 5.69 Å². The third kappa shape index (κ3) is 3.86. The smallest absolute Gasteiger partial charge is 0.0546 e. The van der Waals surface area contributed by atoms with Gasteiger partial charge in [-0.15, -0.1) is 0 Å². The average Bonchev–Trinajstić information content (AvgIpc) is 3.37. The summed E-state index contributed by atoms with van der Waals surface area (Å²) in [7, 11) is 0. The molecule has 5 aromatic carbocycles. The van der Waals surface area contributed by atoms with Gasteiger partial charge in [0.1, 0.15) is 0 Å². The Labute approximate surface area is 241 Å². The van der Waals surface area contributed by atoms with Crippen molar-refractivity contribution < 1.29 is 0 Å². The summed E-state index contributed by atoms with van der Waals surface area (Å²) in [4.78, 5) is 2.39. The highest BCUT2D eigenvalue weighted by atomic mass is 79.9. The fourth-order valence-corrected chi connectivity index (χ4v) is 7.57. The molecule has 1 saturated carbocycles. The van der Waals surface area contributed by atoms with E-state index in [-0.39, 0.29) is 5.41 Å². The molecule has 0 N–H and O–H groups in total. The van der Waals surface area contributed by atoms with E-state index >= 15 is 0 Å². The summed E-state index contributed by atoms with van der Waals surface area (Å²) in [6.45, 7) is 4.94. The second-order valence-electron chi connectivity index (χ2n) is 11.6. The van der Waals surface area contributed by atoms with Crippen molar-refractivity contribution >= 4 is 59.7 Å².